The van der Waals surface area contributed by atoms with E-state index in [4.69, 9.17) is 9.47 Å². The van der Waals surface area contributed by atoms with Crippen LogP contribution in [0, 0.1) is 0 Å². The Hall–Kier alpha value is -0.960. The summed E-state index contributed by atoms with van der Waals surface area (Å²) in [7, 11) is 12.3. The molecule has 0 unspecified atom stereocenters. The molecule has 170 valence electrons. The Morgan fingerprint density at radius 1 is 0.643 bits per heavy atom. The molecule has 0 bridgehead atoms. The molecule has 0 aliphatic carbocycles. The highest BCUT2D eigenvalue weighted by Gasteiger charge is 2.09. The smallest absolute Gasteiger partial charge is 0.407 e. The van der Waals surface area contributed by atoms with E-state index < -0.39 is 0 Å². The summed E-state index contributed by atoms with van der Waals surface area (Å²) in [5.41, 5.74) is 0. The molecule has 2 N–H and O–H groups in total. The van der Waals surface area contributed by atoms with Crippen molar-refractivity contribution in [2.24, 2.45) is 0 Å². The van der Waals surface area contributed by atoms with Gasteiger partial charge in [0.15, 0.2) is 0 Å². The molecule has 0 rings (SSSR count). The number of amides is 2. The number of alkyl carbamates (subject to hydrolysis) is 2. The van der Waals surface area contributed by atoms with E-state index in [0.717, 1.165) is 47.7 Å². The zero-order valence-electron chi connectivity index (χ0n) is 18.4. The highest BCUT2D eigenvalue weighted by molar-refractivity contribution is 5.67. The fraction of sp³-hybridized carbons (Fsp3) is 0.889. The highest BCUT2D eigenvalue weighted by Crippen LogP contribution is 1.98. The Labute approximate surface area is 183 Å². The van der Waals surface area contributed by atoms with Gasteiger partial charge in [-0.05, 0) is 12.8 Å². The van der Waals surface area contributed by atoms with Crippen LogP contribution in [0.15, 0.2) is 0 Å². The number of carbonyl (C=O) groups is 2. The van der Waals surface area contributed by atoms with Crippen molar-refractivity contribution in [3.05, 3.63) is 0 Å². The number of unbranched alkanes of at least 4 members (excludes halogenated alkanes) is 3. The molecule has 0 aliphatic rings. The second-order valence-electron chi connectivity index (χ2n) is 8.57. The minimum atomic E-state index is -0.350. The number of likely N-dealkylation sites (N-methyl/N-ethyl adjacent to an activating group) is 2. The molecular weight excluding hydrogens is 407 g/mol. The van der Waals surface area contributed by atoms with Crippen LogP contribution in [0.5, 0.6) is 0 Å². The lowest BCUT2D eigenvalue weighted by Gasteiger charge is -2.23. The number of hydrogen-bond donors (Lipinski definition) is 2. The van der Waals surface area contributed by atoms with Crippen molar-refractivity contribution in [1.29, 1.82) is 0 Å². The van der Waals surface area contributed by atoms with Gasteiger partial charge in [0.1, 0.15) is 26.3 Å². The zero-order valence-corrected chi connectivity index (χ0v) is 19.9. The average Bonchev–Trinajstić information content (AvgIpc) is 2.47. The lowest BCUT2D eigenvalue weighted by molar-refractivity contribution is -0.870. The van der Waals surface area contributed by atoms with Gasteiger partial charge in [0, 0.05) is 13.1 Å². The van der Waals surface area contributed by atoms with Gasteiger partial charge in [-0.3, -0.25) is 0 Å². The van der Waals surface area contributed by atoms with Crippen molar-refractivity contribution in [2.45, 2.75) is 25.7 Å². The van der Waals surface area contributed by atoms with Gasteiger partial charge in [-0.15, -0.1) is 0 Å². The first-order chi connectivity index (χ1) is 12.0. The van der Waals surface area contributed by atoms with Crippen LogP contribution in [0.25, 0.3) is 0 Å². The highest BCUT2D eigenvalue weighted by atomic mass is 35.5. The van der Waals surface area contributed by atoms with Crippen molar-refractivity contribution < 1.29 is 52.8 Å². The molecule has 0 aromatic rings. The number of halogens is 2. The van der Waals surface area contributed by atoms with Crippen LogP contribution in [0.1, 0.15) is 25.7 Å². The number of nitrogens with one attached hydrogen (secondary N) is 2. The first-order valence-electron chi connectivity index (χ1n) is 9.42. The van der Waals surface area contributed by atoms with Crippen LogP contribution >= 0.6 is 0 Å². The van der Waals surface area contributed by atoms with Crippen molar-refractivity contribution in [3.63, 3.8) is 0 Å². The van der Waals surface area contributed by atoms with Gasteiger partial charge in [-0.25, -0.2) is 9.59 Å². The summed E-state index contributed by atoms with van der Waals surface area (Å²) >= 11 is 0. The topological polar surface area (TPSA) is 76.7 Å². The molecule has 10 heteroatoms. The third kappa shape index (κ3) is 25.0. The number of rotatable bonds is 13. The van der Waals surface area contributed by atoms with E-state index in [1.807, 2.05) is 0 Å². The van der Waals surface area contributed by atoms with Crippen molar-refractivity contribution in [3.8, 4) is 0 Å². The Morgan fingerprint density at radius 3 is 1.25 bits per heavy atom. The summed E-state index contributed by atoms with van der Waals surface area (Å²) < 4.78 is 11.8. The van der Waals surface area contributed by atoms with Gasteiger partial charge in [0.2, 0.25) is 0 Å². The lowest BCUT2D eigenvalue weighted by Crippen LogP contribution is -3.00. The number of ether oxygens (including phenoxy) is 2. The number of nitrogens with zero attached hydrogens (tertiary/aromatic N) is 2. The molecule has 0 aromatic heterocycles. The third-order valence-corrected chi connectivity index (χ3v) is 3.63. The molecule has 0 aromatic carbocycles. The van der Waals surface area contributed by atoms with Crippen LogP contribution in [0.2, 0.25) is 0 Å². The standard InChI is InChI=1S/C18H38N4O4.2ClH/c1-21(2,3)13-15-25-17(23)19-11-9-7-8-10-12-20-18(24)26-16-14-22(4,5)6;;/h7-16H2,1-6H3;2*1H. The van der Waals surface area contributed by atoms with Gasteiger partial charge in [0.05, 0.1) is 42.3 Å². The summed E-state index contributed by atoms with van der Waals surface area (Å²) in [6, 6.07) is 0. The maximum atomic E-state index is 11.5. The molecule has 0 spiro atoms. The van der Waals surface area contributed by atoms with Crippen LogP contribution in [0.3, 0.4) is 0 Å². The normalized spacial score (nSPS) is 10.9. The molecule has 0 saturated heterocycles. The molecule has 0 fully saturated rings. The lowest BCUT2D eigenvalue weighted by atomic mass is 10.2. The number of carbonyl (C=O) groups excluding carboxylic acids is 2. The largest absolute Gasteiger partial charge is 1.00 e. The first kappa shape index (κ1) is 31.7. The monoisotopic (exact) mass is 446 g/mol. The molecule has 0 aliphatic heterocycles. The minimum absolute atomic E-state index is 0. The van der Waals surface area contributed by atoms with E-state index in [9.17, 15) is 9.59 Å². The van der Waals surface area contributed by atoms with Crippen LogP contribution in [-0.4, -0.2) is 103 Å². The summed E-state index contributed by atoms with van der Waals surface area (Å²) in [5, 5.41) is 5.51. The van der Waals surface area contributed by atoms with Gasteiger partial charge >= 0.3 is 12.2 Å². The van der Waals surface area contributed by atoms with Crippen molar-refractivity contribution >= 4 is 12.2 Å². The van der Waals surface area contributed by atoms with E-state index in [0.29, 0.717) is 26.3 Å². The van der Waals surface area contributed by atoms with Gasteiger partial charge < -0.3 is 53.9 Å². The van der Waals surface area contributed by atoms with Crippen LogP contribution in [-0.2, 0) is 9.47 Å². The maximum absolute atomic E-state index is 11.5. The second kappa shape index (κ2) is 16.9. The fourth-order valence-electron chi connectivity index (χ4n) is 1.91. The number of hydrogen-bond acceptors (Lipinski definition) is 4. The van der Waals surface area contributed by atoms with E-state index in [-0.39, 0.29) is 37.0 Å². The molecule has 0 saturated carbocycles. The van der Waals surface area contributed by atoms with Gasteiger partial charge in [0.25, 0.3) is 0 Å². The number of quaternary nitrogens is 2. The molecule has 0 heterocycles. The van der Waals surface area contributed by atoms with Crippen molar-refractivity contribution in [1.82, 2.24) is 10.6 Å². The summed E-state index contributed by atoms with van der Waals surface area (Å²) in [6.45, 7) is 3.65. The Balaban J connectivity index is -0.00000312. The fourth-order valence-corrected chi connectivity index (χ4v) is 1.91. The molecular formula is C18H40Cl2N4O4. The van der Waals surface area contributed by atoms with Gasteiger partial charge in [-0.2, -0.15) is 0 Å². The zero-order chi connectivity index (χ0) is 20.1. The molecule has 28 heavy (non-hydrogen) atoms. The summed E-state index contributed by atoms with van der Waals surface area (Å²) in [4.78, 5) is 23.0. The van der Waals surface area contributed by atoms with Crippen LogP contribution in [0.4, 0.5) is 9.59 Å². The maximum Gasteiger partial charge on any atom is 0.407 e. The quantitative estimate of drug-likeness (QED) is 0.220. The van der Waals surface area contributed by atoms with Gasteiger partial charge in [-0.1, -0.05) is 12.8 Å². The Bertz CT molecular complexity index is 375. The second-order valence-corrected chi connectivity index (χ2v) is 8.57. The van der Waals surface area contributed by atoms with E-state index in [1.165, 1.54) is 0 Å². The summed E-state index contributed by atoms with van der Waals surface area (Å²) in [6.07, 6.45) is 3.10. The first-order valence-corrected chi connectivity index (χ1v) is 9.42. The van der Waals surface area contributed by atoms with Crippen molar-refractivity contribution in [2.75, 3.05) is 81.7 Å². The van der Waals surface area contributed by atoms with E-state index >= 15 is 0 Å². The molecule has 0 atom stereocenters. The molecule has 8 nitrogen and oxygen atoms in total. The van der Waals surface area contributed by atoms with E-state index in [1.54, 1.807) is 0 Å². The minimum Gasteiger partial charge on any atom is -1.00 e. The van der Waals surface area contributed by atoms with Crippen LogP contribution < -0.4 is 35.4 Å². The third-order valence-electron chi connectivity index (χ3n) is 3.63. The molecule has 0 radical (unpaired) electrons. The predicted molar refractivity (Wildman–Crippen MR) is 103 cm³/mol. The average molecular weight is 447 g/mol. The Kier molecular flexibility index (Phi) is 19.2. The Morgan fingerprint density at radius 2 is 0.964 bits per heavy atom. The van der Waals surface area contributed by atoms with E-state index in [2.05, 4.69) is 52.9 Å². The predicted octanol–water partition coefficient (Wildman–Crippen LogP) is -4.58. The SMILES string of the molecule is C[N+](C)(C)CCOC(=O)NCCCCCCNC(=O)OCC[N+](C)(C)C.[Cl-].[Cl-]. The summed E-state index contributed by atoms with van der Waals surface area (Å²) in [5.74, 6) is 0. The molecule has 2 amide bonds.